The Labute approximate surface area is 495 Å². The molecule has 0 fully saturated rings. The highest BCUT2D eigenvalue weighted by Gasteiger charge is 2.24. The number of carboxylic acids is 1. The van der Waals surface area contributed by atoms with Gasteiger partial charge >= 0.3 is 12.1 Å². The Bertz CT molecular complexity index is 2110. The van der Waals surface area contributed by atoms with Gasteiger partial charge in [0.2, 0.25) is 23.6 Å². The van der Waals surface area contributed by atoms with Gasteiger partial charge in [-0.05, 0) is 62.6 Å². The van der Waals surface area contributed by atoms with E-state index in [1.54, 1.807) is 13.2 Å². The number of alkyl carbamates (subject to hydrolysis) is 1. The number of aromatic hydroxyl groups is 1. The highest BCUT2D eigenvalue weighted by atomic mass is 16.6. The Balaban J connectivity index is 1.53. The van der Waals surface area contributed by atoms with Crippen molar-refractivity contribution in [3.63, 3.8) is 0 Å². The first-order chi connectivity index (χ1) is 41.2. The molecule has 1 aliphatic rings. The van der Waals surface area contributed by atoms with Crippen LogP contribution in [0.5, 0.6) is 5.75 Å². The van der Waals surface area contributed by atoms with Gasteiger partial charge in [-0.2, -0.15) is 0 Å². The number of carbonyl (C=O) groups excluding carboxylic acids is 8. The van der Waals surface area contributed by atoms with E-state index in [0.717, 1.165) is 17.1 Å². The molecule has 0 bridgehead atoms. The summed E-state index contributed by atoms with van der Waals surface area (Å²) in [7, 11) is 1.62. The van der Waals surface area contributed by atoms with Crippen LogP contribution in [0.2, 0.25) is 0 Å². The number of phenolic OH excluding ortho intramolecular Hbond substituents is 1. The third-order valence-corrected chi connectivity index (χ3v) is 11.7. The minimum absolute atomic E-state index is 0.0107. The number of hydrogen-bond donors (Lipinski definition) is 9. The van der Waals surface area contributed by atoms with Gasteiger partial charge in [-0.3, -0.25) is 43.3 Å². The molecule has 0 spiro atoms. The lowest BCUT2D eigenvalue weighted by Crippen LogP contribution is -2.47. The van der Waals surface area contributed by atoms with Crippen molar-refractivity contribution < 1.29 is 105 Å². The number of unbranched alkanes of at least 4 members (excludes halogenated alkanes) is 1. The van der Waals surface area contributed by atoms with Crippen LogP contribution >= 0.6 is 0 Å². The molecule has 30 heteroatoms. The van der Waals surface area contributed by atoms with Crippen molar-refractivity contribution in [2.24, 2.45) is 5.73 Å². The minimum Gasteiger partial charge on any atom is -0.506 e. The number of carbonyl (C=O) groups is 9. The van der Waals surface area contributed by atoms with Crippen LogP contribution in [0.1, 0.15) is 63.4 Å². The SMILES string of the molecule is COCCOCCOCCOCCOCCOCCOCCOCCOCCOCC(=O)NCCCC[C@H](NC(=O)CCCN1C(=O)C=CC1=O)C(=O)NCCCC(=O)NCCNC(=O)OCC(=O)Nc1cc(C[C@H](N)CCC(=O)O)ccc1O. The second-order valence-corrected chi connectivity index (χ2v) is 18.7. The molecular weight excluding hydrogens is 1120 g/mol. The molecule has 2 atom stereocenters. The van der Waals surface area contributed by atoms with Crippen LogP contribution in [0.25, 0.3) is 0 Å². The van der Waals surface area contributed by atoms with Crippen LogP contribution in [-0.2, 0) is 96.9 Å². The number of ether oxygens (including phenoxy) is 11. The molecule has 2 rings (SSSR count). The highest BCUT2D eigenvalue weighted by molar-refractivity contribution is 6.12. The van der Waals surface area contributed by atoms with E-state index in [9.17, 15) is 48.3 Å². The predicted octanol–water partition coefficient (Wildman–Crippen LogP) is -0.924. The summed E-state index contributed by atoms with van der Waals surface area (Å²) in [6.45, 7) is 7.22. The molecule has 0 unspecified atom stereocenters. The number of rotatable bonds is 55. The topological polar surface area (TPSA) is 397 Å². The number of amides is 8. The van der Waals surface area contributed by atoms with Gasteiger partial charge in [0.05, 0.1) is 125 Å². The Morgan fingerprint density at radius 2 is 1.05 bits per heavy atom. The number of hydrogen-bond acceptors (Lipinski definition) is 22. The molecule has 0 aliphatic carbocycles. The van der Waals surface area contributed by atoms with Gasteiger partial charge in [-0.15, -0.1) is 0 Å². The standard InChI is InChI=1S/C55H90N8O22/c1-75-20-21-76-22-23-77-24-25-78-26-27-79-28-29-80-30-31-81-32-33-82-34-35-83-36-37-84-40-49(67)57-15-3-2-6-44(61-48(66)8-5-19-63-51(69)12-13-52(63)70)54(73)59-16-4-7-47(65)58-17-18-60-55(74)85-41-50(68)62-45-39-42(9-11-46(45)64)38-43(56)10-14-53(71)72/h9,11-13,39,43-44,64H,2-8,10,14-38,40-41,56H2,1H3,(H,57,67)(H,58,65)(H,59,73)(H,60,74)(H,61,66)(H,62,68)(H,71,72)/t43-,44+/m1/s1. The van der Waals surface area contributed by atoms with Crippen molar-refractivity contribution in [3.8, 4) is 5.75 Å². The first-order valence-electron chi connectivity index (χ1n) is 28.5. The first-order valence-corrected chi connectivity index (χ1v) is 28.5. The quantitative estimate of drug-likeness (QED) is 0.0216. The summed E-state index contributed by atoms with van der Waals surface area (Å²) in [5, 5.41) is 34.6. The first kappa shape index (κ1) is 74.6. The molecule has 0 saturated heterocycles. The molecule has 1 aliphatic heterocycles. The summed E-state index contributed by atoms with van der Waals surface area (Å²) in [4.78, 5) is 111. The number of methoxy groups -OCH3 is 1. The normalized spacial score (nSPS) is 12.7. The number of carboxylic acid groups (broad SMARTS) is 1. The predicted molar refractivity (Wildman–Crippen MR) is 303 cm³/mol. The van der Waals surface area contributed by atoms with Gasteiger partial charge in [0, 0.05) is 77.3 Å². The number of imide groups is 1. The Morgan fingerprint density at radius 1 is 0.541 bits per heavy atom. The summed E-state index contributed by atoms with van der Waals surface area (Å²) < 4.78 is 58.8. The zero-order chi connectivity index (χ0) is 62.0. The van der Waals surface area contributed by atoms with E-state index in [4.69, 9.17) is 62.9 Å². The van der Waals surface area contributed by atoms with Crippen molar-refractivity contribution in [1.29, 1.82) is 0 Å². The van der Waals surface area contributed by atoms with Crippen molar-refractivity contribution in [2.45, 2.75) is 76.3 Å². The summed E-state index contributed by atoms with van der Waals surface area (Å²) in [6, 6.07) is 2.99. The van der Waals surface area contributed by atoms with E-state index in [1.165, 1.54) is 12.1 Å². The average molecular weight is 1220 g/mol. The maximum Gasteiger partial charge on any atom is 0.407 e. The molecule has 1 aromatic rings. The van der Waals surface area contributed by atoms with E-state index in [2.05, 4.69) is 31.9 Å². The molecule has 1 aromatic carbocycles. The molecule has 482 valence electrons. The fourth-order valence-corrected chi connectivity index (χ4v) is 7.33. The lowest BCUT2D eigenvalue weighted by Gasteiger charge is -2.19. The number of aliphatic carboxylic acids is 1. The van der Waals surface area contributed by atoms with Crippen LogP contribution < -0.4 is 37.6 Å². The number of benzene rings is 1. The smallest absolute Gasteiger partial charge is 0.407 e. The van der Waals surface area contributed by atoms with Crippen molar-refractivity contribution >= 4 is 59.1 Å². The van der Waals surface area contributed by atoms with Gasteiger partial charge in [-0.25, -0.2) is 4.79 Å². The van der Waals surface area contributed by atoms with Crippen molar-refractivity contribution in [3.05, 3.63) is 35.9 Å². The molecule has 0 radical (unpaired) electrons. The van der Waals surface area contributed by atoms with Crippen LogP contribution in [-0.4, -0.2) is 253 Å². The molecular formula is C55H90N8O22. The van der Waals surface area contributed by atoms with E-state index < -0.39 is 60.3 Å². The van der Waals surface area contributed by atoms with E-state index in [0.29, 0.717) is 131 Å². The number of nitrogens with zero attached hydrogens (tertiary/aromatic N) is 1. The number of anilines is 1. The fraction of sp³-hybridized carbons (Fsp3) is 0.691. The molecule has 8 amide bonds. The average Bonchev–Trinajstić information content (AvgIpc) is 4.08. The fourth-order valence-electron chi connectivity index (χ4n) is 7.33. The molecule has 30 nitrogen and oxygen atoms in total. The van der Waals surface area contributed by atoms with Gasteiger partial charge in [-0.1, -0.05) is 6.07 Å². The van der Waals surface area contributed by atoms with Crippen molar-refractivity contribution in [1.82, 2.24) is 31.5 Å². The molecule has 0 saturated carbocycles. The van der Waals surface area contributed by atoms with Gasteiger partial charge in [0.25, 0.3) is 17.7 Å². The maximum absolute atomic E-state index is 13.3. The molecule has 85 heavy (non-hydrogen) atoms. The Morgan fingerprint density at radius 3 is 1.60 bits per heavy atom. The van der Waals surface area contributed by atoms with Crippen molar-refractivity contribution in [2.75, 3.05) is 177 Å². The largest absolute Gasteiger partial charge is 0.506 e. The van der Waals surface area contributed by atoms with Crippen LogP contribution in [0.4, 0.5) is 10.5 Å². The van der Waals surface area contributed by atoms with Crippen LogP contribution in [0, 0.1) is 0 Å². The van der Waals surface area contributed by atoms with E-state index in [1.807, 2.05) is 0 Å². The molecule has 0 aromatic heterocycles. The Kier molecular flexibility index (Phi) is 43.7. The van der Waals surface area contributed by atoms with Gasteiger partial charge in [0.15, 0.2) is 6.61 Å². The summed E-state index contributed by atoms with van der Waals surface area (Å²) in [6.07, 6.45) is 3.26. The van der Waals surface area contributed by atoms with Gasteiger partial charge < -0.3 is 100.0 Å². The summed E-state index contributed by atoms with van der Waals surface area (Å²) >= 11 is 0. The highest BCUT2D eigenvalue weighted by Crippen LogP contribution is 2.25. The van der Waals surface area contributed by atoms with Gasteiger partial charge in [0.1, 0.15) is 18.4 Å². The monoisotopic (exact) mass is 1210 g/mol. The summed E-state index contributed by atoms with van der Waals surface area (Å²) in [5.41, 5.74) is 6.67. The van der Waals surface area contributed by atoms with E-state index in [-0.39, 0.29) is 121 Å². The molecule has 1 heterocycles. The lowest BCUT2D eigenvalue weighted by atomic mass is 10.0. The van der Waals surface area contributed by atoms with Crippen LogP contribution in [0.15, 0.2) is 30.4 Å². The zero-order valence-electron chi connectivity index (χ0n) is 48.9. The third kappa shape index (κ3) is 41.3. The van der Waals surface area contributed by atoms with Crippen LogP contribution in [0.3, 0.4) is 0 Å². The molecule has 10 N–H and O–H groups in total. The number of nitrogens with one attached hydrogen (secondary N) is 6. The number of phenols is 1. The lowest BCUT2D eigenvalue weighted by molar-refractivity contribution is -0.138. The van der Waals surface area contributed by atoms with E-state index >= 15 is 0 Å². The minimum atomic E-state index is -0.974. The number of nitrogens with two attached hydrogens (primary N) is 1. The maximum atomic E-state index is 13.3. The third-order valence-electron chi connectivity index (χ3n) is 11.7. The zero-order valence-corrected chi connectivity index (χ0v) is 48.9. The second kappa shape index (κ2) is 49.8. The second-order valence-electron chi connectivity index (χ2n) is 18.7. The Hall–Kier alpha value is -6.45. The summed E-state index contributed by atoms with van der Waals surface area (Å²) in [5.74, 6) is -4.59.